The number of aromatic nitrogens is 1. The molecule has 4 nitrogen and oxygen atoms in total. The largest absolute Gasteiger partial charge is 0.500 e. The van der Waals surface area contributed by atoms with E-state index in [9.17, 15) is 0 Å². The summed E-state index contributed by atoms with van der Waals surface area (Å²) in [6, 6.07) is 36.6. The second-order valence-corrected chi connectivity index (χ2v) is 13.8. The molecule has 4 aromatic carbocycles. The van der Waals surface area contributed by atoms with Crippen LogP contribution in [0.2, 0.25) is 0 Å². The van der Waals surface area contributed by atoms with Gasteiger partial charge in [0.05, 0.1) is 0 Å². The summed E-state index contributed by atoms with van der Waals surface area (Å²) in [5.41, 5.74) is 5.29. The average molecular weight is 802 g/mol. The summed E-state index contributed by atoms with van der Waals surface area (Å²) >= 11 is 3.40. The molecule has 7 heteroatoms. The molecule has 8 rings (SSSR count). The van der Waals surface area contributed by atoms with Crippen molar-refractivity contribution in [2.45, 2.75) is 26.2 Å². The van der Waals surface area contributed by atoms with Gasteiger partial charge in [0.15, 0.2) is 0 Å². The molecular formula is C38H28N3OPtS2-3. The van der Waals surface area contributed by atoms with E-state index in [0.29, 0.717) is 10.8 Å². The van der Waals surface area contributed by atoms with Crippen LogP contribution in [-0.4, -0.2) is 4.98 Å². The predicted molar refractivity (Wildman–Crippen MR) is 186 cm³/mol. The van der Waals surface area contributed by atoms with E-state index >= 15 is 0 Å². The van der Waals surface area contributed by atoms with Gasteiger partial charge in [0.25, 0.3) is 0 Å². The van der Waals surface area contributed by atoms with Crippen molar-refractivity contribution in [1.29, 1.82) is 0 Å². The minimum absolute atomic E-state index is 0. The number of nitrogens with zero attached hydrogens (tertiary/aromatic N) is 3. The molecule has 0 radical (unpaired) electrons. The molecule has 0 N–H and O–H groups in total. The molecule has 0 saturated heterocycles. The van der Waals surface area contributed by atoms with E-state index in [-0.39, 0.29) is 26.5 Å². The molecule has 1 aliphatic rings. The fourth-order valence-electron chi connectivity index (χ4n) is 5.61. The maximum atomic E-state index is 6.48. The molecule has 0 bridgehead atoms. The van der Waals surface area contributed by atoms with Crippen LogP contribution in [0.15, 0.2) is 109 Å². The van der Waals surface area contributed by atoms with Gasteiger partial charge in [0.2, 0.25) is 0 Å². The van der Waals surface area contributed by atoms with Crippen LogP contribution < -0.4 is 14.5 Å². The summed E-state index contributed by atoms with van der Waals surface area (Å²) in [6.07, 6.45) is 5.98. The van der Waals surface area contributed by atoms with Crippen LogP contribution in [0, 0.1) is 18.8 Å². The number of pyridine rings is 1. The summed E-state index contributed by atoms with van der Waals surface area (Å²) in [5.74, 6) is 0.643. The molecule has 0 spiro atoms. The van der Waals surface area contributed by atoms with Crippen molar-refractivity contribution in [1.82, 2.24) is 4.98 Å². The Hall–Kier alpha value is -3.96. The minimum atomic E-state index is 0. The molecule has 3 aromatic heterocycles. The zero-order valence-electron chi connectivity index (χ0n) is 24.9. The van der Waals surface area contributed by atoms with Crippen molar-refractivity contribution >= 4 is 65.0 Å². The summed E-state index contributed by atoms with van der Waals surface area (Å²) in [5, 5.41) is 7.59. The molecule has 7 aromatic rings. The van der Waals surface area contributed by atoms with E-state index < -0.39 is 0 Å². The third-order valence-electron chi connectivity index (χ3n) is 7.94. The van der Waals surface area contributed by atoms with Crippen LogP contribution in [0.1, 0.15) is 26.3 Å². The molecule has 0 aliphatic carbocycles. The number of thiophene rings is 2. The first-order chi connectivity index (χ1) is 21.4. The monoisotopic (exact) mass is 801 g/mol. The van der Waals surface area contributed by atoms with Crippen LogP contribution in [0.25, 0.3) is 42.2 Å². The molecular weight excluding hydrogens is 774 g/mol. The standard InChI is InChI=1S/C38H28N3OS2.Pt/c1-38(2,3)26-14-16-39-34(20-26)31-22-32-30(13-12-25-15-19-43-36(25)32)37-33(31)23-35(44-37)42-29-11-7-10-28(21-29)41-18-17-40(24-41)27-8-5-4-6-9-27;/h4-20,22,24H,1-3H3;/q-3;. The first-order valence-corrected chi connectivity index (χ1v) is 16.2. The number of fused-ring (bicyclic) bond motifs is 5. The number of ether oxygens (including phenoxy) is 1. The zero-order chi connectivity index (χ0) is 29.8. The molecule has 0 fully saturated rings. The number of hydrogen-bond acceptors (Lipinski definition) is 6. The Kier molecular flexibility index (Phi) is 7.77. The van der Waals surface area contributed by atoms with E-state index in [2.05, 4.69) is 91.7 Å². The summed E-state index contributed by atoms with van der Waals surface area (Å²) < 4.78 is 8.91. The van der Waals surface area contributed by atoms with Crippen molar-refractivity contribution < 1.29 is 25.8 Å². The fourth-order valence-corrected chi connectivity index (χ4v) is 7.55. The number of anilines is 2. The average Bonchev–Trinajstić information content (AvgIpc) is 3.81. The Morgan fingerprint density at radius 3 is 2.51 bits per heavy atom. The van der Waals surface area contributed by atoms with Crippen molar-refractivity contribution in [2.75, 3.05) is 9.80 Å². The first kappa shape index (κ1) is 29.7. The van der Waals surface area contributed by atoms with E-state index in [1.165, 1.54) is 26.4 Å². The Bertz CT molecular complexity index is 2200. The second-order valence-electron chi connectivity index (χ2n) is 11.9. The van der Waals surface area contributed by atoms with Crippen LogP contribution in [0.4, 0.5) is 11.4 Å². The van der Waals surface area contributed by atoms with Crippen LogP contribution in [-0.2, 0) is 26.5 Å². The summed E-state index contributed by atoms with van der Waals surface area (Å²) in [7, 11) is 0. The van der Waals surface area contributed by atoms with Gasteiger partial charge in [-0.15, -0.1) is 54.0 Å². The van der Waals surface area contributed by atoms with E-state index in [0.717, 1.165) is 32.7 Å². The van der Waals surface area contributed by atoms with Gasteiger partial charge >= 0.3 is 0 Å². The van der Waals surface area contributed by atoms with Crippen LogP contribution >= 0.6 is 22.7 Å². The van der Waals surface area contributed by atoms with Crippen molar-refractivity contribution in [3.05, 3.63) is 133 Å². The molecule has 0 saturated carbocycles. The van der Waals surface area contributed by atoms with Gasteiger partial charge in [-0.2, -0.15) is 22.8 Å². The Labute approximate surface area is 285 Å². The van der Waals surface area contributed by atoms with Gasteiger partial charge in [0.1, 0.15) is 5.06 Å². The Morgan fingerprint density at radius 1 is 0.822 bits per heavy atom. The first-order valence-electron chi connectivity index (χ1n) is 14.5. The predicted octanol–water partition coefficient (Wildman–Crippen LogP) is 10.9. The van der Waals surface area contributed by atoms with Crippen molar-refractivity contribution in [2.24, 2.45) is 0 Å². The zero-order valence-corrected chi connectivity index (χ0v) is 28.8. The van der Waals surface area contributed by atoms with Gasteiger partial charge in [-0.25, -0.2) is 0 Å². The van der Waals surface area contributed by atoms with Gasteiger partial charge in [-0.1, -0.05) is 66.8 Å². The molecule has 45 heavy (non-hydrogen) atoms. The van der Waals surface area contributed by atoms with Gasteiger partial charge in [0, 0.05) is 49.1 Å². The third-order valence-corrected chi connectivity index (χ3v) is 9.90. The maximum absolute atomic E-state index is 6.48. The van der Waals surface area contributed by atoms with Gasteiger partial charge in [-0.3, -0.25) is 4.98 Å². The normalized spacial score (nSPS) is 13.2. The van der Waals surface area contributed by atoms with Crippen molar-refractivity contribution in [3.63, 3.8) is 0 Å². The third kappa shape index (κ3) is 5.56. The topological polar surface area (TPSA) is 28.6 Å². The van der Waals surface area contributed by atoms with Gasteiger partial charge < -0.3 is 14.5 Å². The Balaban J connectivity index is 0.00000325. The minimum Gasteiger partial charge on any atom is -0.500 e. The second kappa shape index (κ2) is 11.8. The molecule has 0 unspecified atom stereocenters. The summed E-state index contributed by atoms with van der Waals surface area (Å²) in [4.78, 5) is 8.97. The smallest absolute Gasteiger partial charge is 0.107 e. The number of rotatable bonds is 5. The molecule has 0 atom stereocenters. The van der Waals surface area contributed by atoms with E-state index in [4.69, 9.17) is 9.72 Å². The molecule has 0 amide bonds. The summed E-state index contributed by atoms with van der Waals surface area (Å²) in [6.45, 7) is 8.75. The van der Waals surface area contributed by atoms with E-state index in [1.807, 2.05) is 66.6 Å². The number of benzene rings is 4. The fraction of sp³-hybridized carbons (Fsp3) is 0.105. The van der Waals surface area contributed by atoms with Gasteiger partial charge in [-0.05, 0) is 69.9 Å². The molecule has 4 heterocycles. The quantitative estimate of drug-likeness (QED) is 0.162. The Morgan fingerprint density at radius 2 is 1.67 bits per heavy atom. The van der Waals surface area contributed by atoms with Crippen LogP contribution in [0.3, 0.4) is 0 Å². The molecule has 226 valence electrons. The number of hydrogen-bond donors (Lipinski definition) is 0. The van der Waals surface area contributed by atoms with Crippen molar-refractivity contribution in [3.8, 4) is 22.1 Å². The van der Waals surface area contributed by atoms with Crippen LogP contribution in [0.5, 0.6) is 10.8 Å². The molecule has 1 aliphatic heterocycles. The number of para-hydroxylation sites is 1. The maximum Gasteiger partial charge on any atom is 0.107 e. The van der Waals surface area contributed by atoms with E-state index in [1.54, 1.807) is 22.7 Å². The SMILES string of the molecule is CC(C)(C)c1ccnc(-c2cc3c(ccc4ccsc43)c3sc(Oc4[c-]c(N5C=CN(c6ccccc6)[CH-]5)ccc4)[c-]c23)c1.[Pt].